The third-order valence-electron chi connectivity index (χ3n) is 2.39. The Bertz CT molecular complexity index is 632. The average molecular weight is 262 g/mol. The SMILES string of the molecule is Cc1cc(NS(=O)(=O)c2ccccc2)cc(C)n1. The second kappa shape index (κ2) is 4.78. The molecule has 5 heteroatoms. The van der Waals surface area contributed by atoms with Gasteiger partial charge in [-0.05, 0) is 38.1 Å². The van der Waals surface area contributed by atoms with Gasteiger partial charge in [0.2, 0.25) is 0 Å². The number of nitrogens with one attached hydrogen (secondary N) is 1. The zero-order valence-electron chi connectivity index (χ0n) is 10.2. The van der Waals surface area contributed by atoms with Gasteiger partial charge in [-0.3, -0.25) is 9.71 Å². The van der Waals surface area contributed by atoms with Crippen molar-refractivity contribution in [2.24, 2.45) is 0 Å². The summed E-state index contributed by atoms with van der Waals surface area (Å²) < 4.78 is 26.7. The van der Waals surface area contributed by atoms with Crippen LogP contribution in [0.15, 0.2) is 47.4 Å². The number of aromatic nitrogens is 1. The zero-order valence-corrected chi connectivity index (χ0v) is 11.0. The van der Waals surface area contributed by atoms with E-state index >= 15 is 0 Å². The highest BCUT2D eigenvalue weighted by Crippen LogP contribution is 2.17. The molecule has 0 fully saturated rings. The summed E-state index contributed by atoms with van der Waals surface area (Å²) in [6, 6.07) is 11.7. The average Bonchev–Trinajstić information content (AvgIpc) is 2.28. The van der Waals surface area contributed by atoms with Gasteiger partial charge in [0.25, 0.3) is 10.0 Å². The minimum absolute atomic E-state index is 0.247. The molecule has 4 nitrogen and oxygen atoms in total. The highest BCUT2D eigenvalue weighted by Gasteiger charge is 2.13. The number of hydrogen-bond acceptors (Lipinski definition) is 3. The van der Waals surface area contributed by atoms with Crippen LogP contribution in [0.4, 0.5) is 5.69 Å². The van der Waals surface area contributed by atoms with E-state index in [2.05, 4.69) is 9.71 Å². The van der Waals surface area contributed by atoms with Crippen molar-refractivity contribution < 1.29 is 8.42 Å². The van der Waals surface area contributed by atoms with Crippen molar-refractivity contribution in [3.63, 3.8) is 0 Å². The van der Waals surface area contributed by atoms with Crippen molar-refractivity contribution in [1.29, 1.82) is 0 Å². The molecule has 0 saturated carbocycles. The lowest BCUT2D eigenvalue weighted by Gasteiger charge is -2.09. The van der Waals surface area contributed by atoms with Crippen LogP contribution in [0, 0.1) is 13.8 Å². The predicted octanol–water partition coefficient (Wildman–Crippen LogP) is 2.50. The van der Waals surface area contributed by atoms with Crippen molar-refractivity contribution in [2.45, 2.75) is 18.7 Å². The lowest BCUT2D eigenvalue weighted by Crippen LogP contribution is -2.13. The molecular weight excluding hydrogens is 248 g/mol. The van der Waals surface area contributed by atoms with E-state index in [4.69, 9.17) is 0 Å². The number of rotatable bonds is 3. The van der Waals surface area contributed by atoms with Crippen LogP contribution in [0.2, 0.25) is 0 Å². The summed E-state index contributed by atoms with van der Waals surface area (Å²) >= 11 is 0. The molecule has 94 valence electrons. The summed E-state index contributed by atoms with van der Waals surface area (Å²) in [6.07, 6.45) is 0. The normalized spacial score (nSPS) is 11.2. The van der Waals surface area contributed by atoms with Gasteiger partial charge in [0.1, 0.15) is 0 Å². The number of nitrogens with zero attached hydrogens (tertiary/aromatic N) is 1. The van der Waals surface area contributed by atoms with Crippen molar-refractivity contribution in [2.75, 3.05) is 4.72 Å². The molecule has 1 aromatic carbocycles. The molecule has 1 aromatic heterocycles. The number of pyridine rings is 1. The van der Waals surface area contributed by atoms with Gasteiger partial charge < -0.3 is 0 Å². The number of aryl methyl sites for hydroxylation is 2. The Morgan fingerprint density at radius 1 is 1.00 bits per heavy atom. The molecule has 0 saturated heterocycles. The Balaban J connectivity index is 2.34. The molecule has 2 aromatic rings. The van der Waals surface area contributed by atoms with Crippen LogP contribution in [0.1, 0.15) is 11.4 Å². The van der Waals surface area contributed by atoms with Crippen molar-refractivity contribution in [3.05, 3.63) is 53.9 Å². The predicted molar refractivity (Wildman–Crippen MR) is 71.0 cm³/mol. The Morgan fingerprint density at radius 3 is 2.11 bits per heavy atom. The molecule has 0 amide bonds. The lowest BCUT2D eigenvalue weighted by atomic mass is 10.3. The van der Waals surface area contributed by atoms with Gasteiger partial charge in [0.15, 0.2) is 0 Å². The smallest absolute Gasteiger partial charge is 0.261 e. The molecule has 2 rings (SSSR count). The molecule has 0 atom stereocenters. The molecular formula is C13H14N2O2S. The van der Waals surface area contributed by atoms with Crippen molar-refractivity contribution in [3.8, 4) is 0 Å². The van der Waals surface area contributed by atoms with Crippen LogP contribution < -0.4 is 4.72 Å². The van der Waals surface area contributed by atoms with Gasteiger partial charge in [-0.15, -0.1) is 0 Å². The maximum Gasteiger partial charge on any atom is 0.261 e. The summed E-state index contributed by atoms with van der Waals surface area (Å²) in [5.41, 5.74) is 2.09. The van der Waals surface area contributed by atoms with E-state index in [9.17, 15) is 8.42 Å². The van der Waals surface area contributed by atoms with E-state index < -0.39 is 10.0 Å². The first kappa shape index (κ1) is 12.6. The van der Waals surface area contributed by atoms with Crippen LogP contribution in [0.25, 0.3) is 0 Å². The first-order valence-electron chi connectivity index (χ1n) is 5.50. The topological polar surface area (TPSA) is 59.1 Å². The summed E-state index contributed by atoms with van der Waals surface area (Å²) in [4.78, 5) is 4.45. The van der Waals surface area contributed by atoms with E-state index in [0.29, 0.717) is 5.69 Å². The van der Waals surface area contributed by atoms with Gasteiger partial charge in [-0.2, -0.15) is 0 Å². The van der Waals surface area contributed by atoms with Gasteiger partial charge in [-0.25, -0.2) is 8.42 Å². The first-order valence-corrected chi connectivity index (χ1v) is 6.99. The molecule has 18 heavy (non-hydrogen) atoms. The van der Waals surface area contributed by atoms with E-state index in [0.717, 1.165) is 11.4 Å². The van der Waals surface area contributed by atoms with Gasteiger partial charge in [-0.1, -0.05) is 18.2 Å². The molecule has 0 radical (unpaired) electrons. The summed E-state index contributed by atoms with van der Waals surface area (Å²) in [5.74, 6) is 0. The summed E-state index contributed by atoms with van der Waals surface area (Å²) in [7, 11) is -3.52. The number of benzene rings is 1. The molecule has 1 heterocycles. The lowest BCUT2D eigenvalue weighted by molar-refractivity contribution is 0.601. The van der Waals surface area contributed by atoms with E-state index in [1.165, 1.54) is 0 Å². The Kier molecular flexibility index (Phi) is 3.34. The van der Waals surface area contributed by atoms with Gasteiger partial charge in [0.05, 0.1) is 10.6 Å². The zero-order chi connectivity index (χ0) is 13.2. The fraction of sp³-hybridized carbons (Fsp3) is 0.154. The second-order valence-electron chi connectivity index (χ2n) is 4.06. The minimum atomic E-state index is -3.52. The van der Waals surface area contributed by atoms with Gasteiger partial charge in [0, 0.05) is 11.4 Å². The van der Waals surface area contributed by atoms with Crippen LogP contribution in [0.5, 0.6) is 0 Å². The molecule has 1 N–H and O–H groups in total. The Hall–Kier alpha value is -1.88. The molecule has 0 aliphatic heterocycles. The maximum absolute atomic E-state index is 12.1. The highest BCUT2D eigenvalue weighted by molar-refractivity contribution is 7.92. The Morgan fingerprint density at radius 2 is 1.56 bits per heavy atom. The van der Waals surface area contributed by atoms with E-state index in [-0.39, 0.29) is 4.90 Å². The fourth-order valence-electron chi connectivity index (χ4n) is 1.71. The molecule has 0 aliphatic carbocycles. The standard InChI is InChI=1S/C13H14N2O2S/c1-10-8-12(9-11(2)14-10)15-18(16,17)13-6-4-3-5-7-13/h3-9H,1-2H3,(H,14,15). The molecule has 0 aliphatic rings. The second-order valence-corrected chi connectivity index (χ2v) is 5.74. The number of sulfonamides is 1. The third-order valence-corrected chi connectivity index (χ3v) is 3.78. The molecule has 0 bridgehead atoms. The molecule has 0 unspecified atom stereocenters. The van der Waals surface area contributed by atoms with E-state index in [1.807, 2.05) is 13.8 Å². The number of hydrogen-bond donors (Lipinski definition) is 1. The van der Waals surface area contributed by atoms with Crippen LogP contribution in [-0.2, 0) is 10.0 Å². The van der Waals surface area contributed by atoms with E-state index in [1.54, 1.807) is 42.5 Å². The first-order chi connectivity index (χ1) is 8.47. The molecule has 0 spiro atoms. The van der Waals surface area contributed by atoms with Crippen LogP contribution in [0.3, 0.4) is 0 Å². The maximum atomic E-state index is 12.1. The van der Waals surface area contributed by atoms with Crippen LogP contribution >= 0.6 is 0 Å². The Labute approximate surface area is 107 Å². The number of anilines is 1. The quantitative estimate of drug-likeness (QED) is 0.924. The van der Waals surface area contributed by atoms with Crippen molar-refractivity contribution in [1.82, 2.24) is 4.98 Å². The highest BCUT2D eigenvalue weighted by atomic mass is 32.2. The fourth-order valence-corrected chi connectivity index (χ4v) is 2.77. The minimum Gasteiger partial charge on any atom is -0.279 e. The third kappa shape index (κ3) is 2.87. The monoisotopic (exact) mass is 262 g/mol. The summed E-state index contributed by atoms with van der Waals surface area (Å²) in [5, 5.41) is 0. The summed E-state index contributed by atoms with van der Waals surface area (Å²) in [6.45, 7) is 3.65. The van der Waals surface area contributed by atoms with Crippen molar-refractivity contribution >= 4 is 15.7 Å². The largest absolute Gasteiger partial charge is 0.279 e. The van der Waals surface area contributed by atoms with Crippen LogP contribution in [-0.4, -0.2) is 13.4 Å². The van der Waals surface area contributed by atoms with Gasteiger partial charge >= 0.3 is 0 Å².